The second kappa shape index (κ2) is 8.20. The largest absolute Gasteiger partial charge is 0.593 e. The van der Waals surface area contributed by atoms with Crippen molar-refractivity contribution in [3.8, 4) is 11.2 Å². The van der Waals surface area contributed by atoms with E-state index < -0.39 is 28.3 Å². The molecule has 5 rings (SSSR count). The highest BCUT2D eigenvalue weighted by molar-refractivity contribution is 7.89. The van der Waals surface area contributed by atoms with Gasteiger partial charge in [-0.3, -0.25) is 0 Å². The molecule has 1 unspecified atom stereocenters. The number of halogens is 2. The van der Waals surface area contributed by atoms with Crippen LogP contribution >= 0.6 is 11.3 Å². The summed E-state index contributed by atoms with van der Waals surface area (Å²) in [5.74, 6) is 0. The lowest BCUT2D eigenvalue weighted by atomic mass is 10.1. The molecule has 3 heterocycles. The summed E-state index contributed by atoms with van der Waals surface area (Å²) >= 11 is -0.891. The number of morpholine rings is 1. The molecule has 13 heteroatoms. The number of alkyl halides is 2. The van der Waals surface area contributed by atoms with Crippen LogP contribution < -0.4 is 9.62 Å². The summed E-state index contributed by atoms with van der Waals surface area (Å²) in [5.41, 5.74) is 0.624. The van der Waals surface area contributed by atoms with E-state index in [1.165, 1.54) is 4.68 Å². The topological polar surface area (TPSA) is 115 Å². The third-order valence-corrected chi connectivity index (χ3v) is 7.63. The van der Waals surface area contributed by atoms with E-state index in [1.807, 2.05) is 13.0 Å². The molecule has 168 valence electrons. The Morgan fingerprint density at radius 2 is 2.22 bits per heavy atom. The summed E-state index contributed by atoms with van der Waals surface area (Å²) < 4.78 is 49.2. The number of nitriles is 1. The zero-order valence-electron chi connectivity index (χ0n) is 17.0. The average Bonchev–Trinajstić information content (AvgIpc) is 3.18. The Kier molecular flexibility index (Phi) is 5.50. The van der Waals surface area contributed by atoms with E-state index in [-0.39, 0.29) is 11.2 Å². The van der Waals surface area contributed by atoms with Gasteiger partial charge < -0.3 is 14.2 Å². The highest BCUT2D eigenvalue weighted by Gasteiger charge is 2.48. The van der Waals surface area contributed by atoms with Crippen molar-refractivity contribution in [3.63, 3.8) is 0 Å². The van der Waals surface area contributed by atoms with Gasteiger partial charge in [0.2, 0.25) is 5.13 Å². The zero-order valence-corrected chi connectivity index (χ0v) is 18.6. The highest BCUT2D eigenvalue weighted by atomic mass is 32.2. The summed E-state index contributed by atoms with van der Waals surface area (Å²) in [6, 6.07) is 5.70. The molecule has 1 aliphatic carbocycles. The number of anilines is 1. The van der Waals surface area contributed by atoms with E-state index in [4.69, 9.17) is 4.74 Å². The van der Waals surface area contributed by atoms with Crippen molar-refractivity contribution in [2.24, 2.45) is 0 Å². The molecule has 2 aromatic heterocycles. The smallest absolute Gasteiger partial charge is 0.291 e. The van der Waals surface area contributed by atoms with Gasteiger partial charge in [0, 0.05) is 30.6 Å². The van der Waals surface area contributed by atoms with Crippen molar-refractivity contribution < 1.29 is 18.1 Å². The van der Waals surface area contributed by atoms with E-state index in [0.717, 1.165) is 22.4 Å². The molecule has 0 bridgehead atoms. The Morgan fingerprint density at radius 1 is 1.41 bits per heavy atom. The number of rotatable bonds is 6. The quantitative estimate of drug-likeness (QED) is 0.537. The van der Waals surface area contributed by atoms with Crippen LogP contribution in [0.4, 0.5) is 14.5 Å². The van der Waals surface area contributed by atoms with Crippen LogP contribution in [-0.4, -0.2) is 55.9 Å². The lowest BCUT2D eigenvalue weighted by Gasteiger charge is -2.33. The maximum atomic E-state index is 13.1. The summed E-state index contributed by atoms with van der Waals surface area (Å²) in [4.78, 5) is 2.60. The van der Waals surface area contributed by atoms with Crippen molar-refractivity contribution in [2.75, 3.05) is 24.6 Å². The summed E-state index contributed by atoms with van der Waals surface area (Å²) in [6.45, 7) is 3.81. The first-order valence-corrected chi connectivity index (χ1v) is 12.0. The molecule has 1 N–H and O–H groups in total. The Balaban J connectivity index is 1.60. The molecule has 9 nitrogen and oxygen atoms in total. The van der Waals surface area contributed by atoms with Gasteiger partial charge in [0.05, 0.1) is 47.5 Å². The first kappa shape index (κ1) is 21.5. The molecule has 0 spiro atoms. The van der Waals surface area contributed by atoms with Gasteiger partial charge in [-0.05, 0) is 19.8 Å². The SMILES string of the molecule is C[C@H]1CN(c2cc([S+]([O-])NC3(C#N)CC3)cc3c2cnn3-c2nnc(C(F)F)s2)CCO1. The minimum atomic E-state index is -2.72. The molecule has 1 saturated heterocycles. The summed E-state index contributed by atoms with van der Waals surface area (Å²) in [6.07, 6.45) is 0.230. The monoisotopic (exact) mass is 479 g/mol. The lowest BCUT2D eigenvalue weighted by molar-refractivity contribution is 0.0533. The fraction of sp³-hybridized carbons (Fsp3) is 0.474. The number of hydrogen-bond acceptors (Lipinski definition) is 9. The zero-order chi connectivity index (χ0) is 22.5. The van der Waals surface area contributed by atoms with Crippen molar-refractivity contribution in [1.29, 1.82) is 5.26 Å². The number of fused-ring (bicyclic) bond motifs is 1. The molecule has 2 fully saturated rings. The second-order valence-corrected chi connectivity index (χ2v) is 10.0. The summed E-state index contributed by atoms with van der Waals surface area (Å²) in [7, 11) is 0. The Hall–Kier alpha value is -2.37. The summed E-state index contributed by atoms with van der Waals surface area (Å²) in [5, 5.41) is 21.7. The van der Waals surface area contributed by atoms with Crippen LogP contribution in [0.5, 0.6) is 0 Å². The Bertz CT molecular complexity index is 1190. The fourth-order valence-corrected chi connectivity index (χ4v) is 5.47. The first-order valence-electron chi connectivity index (χ1n) is 10.0. The second-order valence-electron chi connectivity index (χ2n) is 7.85. The van der Waals surface area contributed by atoms with Crippen LogP contribution in [0.15, 0.2) is 23.2 Å². The molecular formula is C19H19F2N7O2S2. The number of hydrogen-bond donors (Lipinski definition) is 1. The number of ether oxygens (including phenoxy) is 1. The molecule has 1 aromatic carbocycles. The minimum absolute atomic E-state index is 0.0196. The van der Waals surface area contributed by atoms with Gasteiger partial charge in [0.25, 0.3) is 6.43 Å². The number of nitrogens with one attached hydrogen (secondary N) is 1. The van der Waals surface area contributed by atoms with Gasteiger partial charge >= 0.3 is 0 Å². The van der Waals surface area contributed by atoms with Gasteiger partial charge in [-0.2, -0.15) is 10.4 Å². The third-order valence-electron chi connectivity index (χ3n) is 5.49. The van der Waals surface area contributed by atoms with Crippen LogP contribution in [0.2, 0.25) is 0 Å². The maximum absolute atomic E-state index is 13.1. The average molecular weight is 480 g/mol. The molecule has 2 aliphatic rings. The molecule has 1 aliphatic heterocycles. The molecular weight excluding hydrogens is 460 g/mol. The van der Waals surface area contributed by atoms with Crippen LogP contribution in [0, 0.1) is 11.3 Å². The van der Waals surface area contributed by atoms with Crippen LogP contribution in [0.1, 0.15) is 31.2 Å². The van der Waals surface area contributed by atoms with Gasteiger partial charge in [-0.1, -0.05) is 11.3 Å². The predicted molar refractivity (Wildman–Crippen MR) is 114 cm³/mol. The number of aromatic nitrogens is 4. The van der Waals surface area contributed by atoms with Gasteiger partial charge in [0.15, 0.2) is 9.90 Å². The van der Waals surface area contributed by atoms with Crippen LogP contribution in [-0.2, 0) is 16.1 Å². The third kappa shape index (κ3) is 3.93. The van der Waals surface area contributed by atoms with Crippen LogP contribution in [0.25, 0.3) is 16.0 Å². The van der Waals surface area contributed by atoms with Gasteiger partial charge in [-0.15, -0.1) is 14.9 Å². The molecule has 32 heavy (non-hydrogen) atoms. The number of nitrogens with zero attached hydrogens (tertiary/aromatic N) is 6. The maximum Gasteiger partial charge on any atom is 0.291 e. The predicted octanol–water partition coefficient (Wildman–Crippen LogP) is 2.71. The highest BCUT2D eigenvalue weighted by Crippen LogP contribution is 2.38. The minimum Gasteiger partial charge on any atom is -0.593 e. The Morgan fingerprint density at radius 3 is 2.88 bits per heavy atom. The Labute approximate surface area is 189 Å². The van der Waals surface area contributed by atoms with E-state index >= 15 is 0 Å². The van der Waals surface area contributed by atoms with E-state index in [1.54, 1.807) is 12.3 Å². The standard InChI is InChI=1S/C19H19F2N7O2S2/c1-11-9-27(4-5-30-11)14-6-12(32(29)26-19(10-22)2-3-19)7-15-13(14)8-23-28(15)18-25-24-17(31-18)16(20)21/h6-8,11,16,26H,2-5,9H2,1H3/t11-,32?/m0/s1. The lowest BCUT2D eigenvalue weighted by Crippen LogP contribution is -2.41. The van der Waals surface area contributed by atoms with Crippen molar-refractivity contribution >= 4 is 39.3 Å². The fourth-order valence-electron chi connectivity index (χ4n) is 3.64. The van der Waals surface area contributed by atoms with Crippen molar-refractivity contribution in [2.45, 2.75) is 42.7 Å². The van der Waals surface area contributed by atoms with Gasteiger partial charge in [0.1, 0.15) is 5.54 Å². The normalized spacial score (nSPS) is 21.1. The van der Waals surface area contributed by atoms with E-state index in [2.05, 4.69) is 31.0 Å². The number of benzene rings is 1. The first-order chi connectivity index (χ1) is 15.4. The molecule has 0 radical (unpaired) electrons. The van der Waals surface area contributed by atoms with E-state index in [0.29, 0.717) is 43.0 Å². The van der Waals surface area contributed by atoms with Crippen molar-refractivity contribution in [3.05, 3.63) is 23.3 Å². The molecule has 3 aromatic rings. The molecule has 1 saturated carbocycles. The van der Waals surface area contributed by atoms with Crippen molar-refractivity contribution in [1.82, 2.24) is 24.7 Å². The van der Waals surface area contributed by atoms with E-state index in [9.17, 15) is 18.6 Å². The van der Waals surface area contributed by atoms with Gasteiger partial charge in [-0.25, -0.2) is 13.5 Å². The van der Waals surface area contributed by atoms with Crippen LogP contribution in [0.3, 0.4) is 0 Å². The molecule has 2 atom stereocenters. The molecule has 0 amide bonds.